The number of rotatable bonds is 8. The van der Waals surface area contributed by atoms with Crippen molar-refractivity contribution in [2.45, 2.75) is 27.0 Å². The Hall–Kier alpha value is -1.19. The first-order chi connectivity index (χ1) is 11.7. The Balaban J connectivity index is 0.00000312. The molecule has 7 heteroatoms. The van der Waals surface area contributed by atoms with E-state index in [2.05, 4.69) is 46.6 Å². The summed E-state index contributed by atoms with van der Waals surface area (Å²) in [6.45, 7) is 7.09. The maximum Gasteiger partial charge on any atom is 0.191 e. The van der Waals surface area contributed by atoms with E-state index in [0.29, 0.717) is 25.7 Å². The summed E-state index contributed by atoms with van der Waals surface area (Å²) in [5.74, 6) is 1.19. The Labute approximate surface area is 171 Å². The SMILES string of the molecule is CN=C(NCc1ncc(C)s1)NCC(C)COCc1ccccc1.I. The van der Waals surface area contributed by atoms with Gasteiger partial charge in [0.25, 0.3) is 0 Å². The number of nitrogens with zero attached hydrogens (tertiary/aromatic N) is 2. The fraction of sp³-hybridized carbons (Fsp3) is 0.444. The summed E-state index contributed by atoms with van der Waals surface area (Å²) < 4.78 is 5.77. The van der Waals surface area contributed by atoms with E-state index in [9.17, 15) is 0 Å². The Bertz CT molecular complexity index is 633. The van der Waals surface area contributed by atoms with Gasteiger partial charge in [-0.1, -0.05) is 37.3 Å². The zero-order chi connectivity index (χ0) is 17.2. The third-order valence-electron chi connectivity index (χ3n) is 3.43. The minimum atomic E-state index is 0. The summed E-state index contributed by atoms with van der Waals surface area (Å²) in [7, 11) is 1.78. The second kappa shape index (κ2) is 12.2. The number of hydrogen-bond donors (Lipinski definition) is 2. The molecule has 2 aromatic rings. The van der Waals surface area contributed by atoms with Crippen LogP contribution in [0.2, 0.25) is 0 Å². The molecule has 0 radical (unpaired) electrons. The zero-order valence-electron chi connectivity index (χ0n) is 15.0. The van der Waals surface area contributed by atoms with Crippen LogP contribution in [0.15, 0.2) is 41.5 Å². The minimum absolute atomic E-state index is 0. The summed E-state index contributed by atoms with van der Waals surface area (Å²) in [4.78, 5) is 9.80. The third-order valence-corrected chi connectivity index (χ3v) is 4.34. The smallest absolute Gasteiger partial charge is 0.191 e. The van der Waals surface area contributed by atoms with Crippen LogP contribution in [0.5, 0.6) is 0 Å². The molecular weight excluding hydrogens is 447 g/mol. The summed E-state index contributed by atoms with van der Waals surface area (Å²) in [5.41, 5.74) is 1.20. The van der Waals surface area contributed by atoms with Gasteiger partial charge >= 0.3 is 0 Å². The van der Waals surface area contributed by atoms with Gasteiger partial charge in [-0.3, -0.25) is 4.99 Å². The number of aromatic nitrogens is 1. The van der Waals surface area contributed by atoms with E-state index >= 15 is 0 Å². The number of benzene rings is 1. The van der Waals surface area contributed by atoms with E-state index < -0.39 is 0 Å². The van der Waals surface area contributed by atoms with Gasteiger partial charge in [0.05, 0.1) is 19.8 Å². The molecule has 1 atom stereocenters. The highest BCUT2D eigenvalue weighted by atomic mass is 127. The summed E-state index contributed by atoms with van der Waals surface area (Å²) >= 11 is 1.70. The largest absolute Gasteiger partial charge is 0.376 e. The van der Waals surface area contributed by atoms with Gasteiger partial charge in [0, 0.05) is 24.7 Å². The molecule has 0 aliphatic carbocycles. The Morgan fingerprint density at radius 2 is 2.04 bits per heavy atom. The number of thiazole rings is 1. The third kappa shape index (κ3) is 8.64. The molecule has 0 fully saturated rings. The molecule has 0 saturated heterocycles. The highest BCUT2D eigenvalue weighted by Gasteiger charge is 2.06. The molecule has 0 saturated carbocycles. The van der Waals surface area contributed by atoms with Crippen LogP contribution in [-0.2, 0) is 17.9 Å². The lowest BCUT2D eigenvalue weighted by atomic mass is 10.2. The molecule has 5 nitrogen and oxygen atoms in total. The van der Waals surface area contributed by atoms with Gasteiger partial charge in [0.15, 0.2) is 5.96 Å². The maximum absolute atomic E-state index is 5.77. The first-order valence-electron chi connectivity index (χ1n) is 8.15. The second-order valence-electron chi connectivity index (χ2n) is 5.78. The van der Waals surface area contributed by atoms with Crippen molar-refractivity contribution in [3.63, 3.8) is 0 Å². The molecule has 138 valence electrons. The van der Waals surface area contributed by atoms with Crippen LogP contribution >= 0.6 is 35.3 Å². The van der Waals surface area contributed by atoms with Gasteiger partial charge in [0.2, 0.25) is 0 Å². The summed E-state index contributed by atoms with van der Waals surface area (Å²) in [6.07, 6.45) is 1.89. The first kappa shape index (κ1) is 21.9. The van der Waals surface area contributed by atoms with E-state index in [4.69, 9.17) is 4.74 Å². The van der Waals surface area contributed by atoms with Gasteiger partial charge in [-0.2, -0.15) is 0 Å². The Morgan fingerprint density at radius 3 is 2.68 bits per heavy atom. The highest BCUT2D eigenvalue weighted by molar-refractivity contribution is 14.0. The Kier molecular flexibility index (Phi) is 10.7. The van der Waals surface area contributed by atoms with Gasteiger partial charge in [-0.25, -0.2) is 4.98 Å². The van der Waals surface area contributed by atoms with Crippen LogP contribution in [0, 0.1) is 12.8 Å². The normalized spacial score (nSPS) is 12.4. The lowest BCUT2D eigenvalue weighted by molar-refractivity contribution is 0.0931. The summed E-state index contributed by atoms with van der Waals surface area (Å²) in [6, 6.07) is 10.2. The molecule has 0 bridgehead atoms. The number of aliphatic imine (C=N–C) groups is 1. The lowest BCUT2D eigenvalue weighted by Gasteiger charge is -2.16. The van der Waals surface area contributed by atoms with Crippen LogP contribution in [-0.4, -0.2) is 31.1 Å². The number of hydrogen-bond acceptors (Lipinski definition) is 4. The topological polar surface area (TPSA) is 58.5 Å². The van der Waals surface area contributed by atoms with Gasteiger partial charge in [-0.15, -0.1) is 35.3 Å². The standard InChI is InChI=1S/C18H26N4OS.HI/c1-14(12-23-13-16-7-5-4-6-8-16)9-21-18(19-3)22-11-17-20-10-15(2)24-17;/h4-8,10,14H,9,11-13H2,1-3H3,(H2,19,21,22);1H. The summed E-state index contributed by atoms with van der Waals surface area (Å²) in [5, 5.41) is 7.68. The number of halogens is 1. The molecular formula is C18H27IN4OS. The van der Waals surface area contributed by atoms with E-state index in [1.165, 1.54) is 10.4 Å². The number of guanidine groups is 1. The molecule has 2 rings (SSSR count). The molecule has 0 aliphatic heterocycles. The van der Waals surface area contributed by atoms with Crippen molar-refractivity contribution in [3.05, 3.63) is 52.0 Å². The number of nitrogens with one attached hydrogen (secondary N) is 2. The molecule has 0 spiro atoms. The van der Waals surface area contributed by atoms with E-state index in [1.54, 1.807) is 18.4 Å². The molecule has 1 heterocycles. The molecule has 1 aromatic heterocycles. The Morgan fingerprint density at radius 1 is 1.28 bits per heavy atom. The van der Waals surface area contributed by atoms with Gasteiger partial charge in [-0.05, 0) is 18.4 Å². The fourth-order valence-corrected chi connectivity index (χ4v) is 2.87. The molecule has 0 aliphatic rings. The van der Waals surface area contributed by atoms with E-state index in [0.717, 1.165) is 17.5 Å². The van der Waals surface area contributed by atoms with Crippen molar-refractivity contribution in [1.82, 2.24) is 15.6 Å². The number of ether oxygens (including phenoxy) is 1. The van der Waals surface area contributed by atoms with Crippen molar-refractivity contribution < 1.29 is 4.74 Å². The molecule has 1 unspecified atom stereocenters. The van der Waals surface area contributed by atoms with Crippen LogP contribution < -0.4 is 10.6 Å². The fourth-order valence-electron chi connectivity index (χ4n) is 2.15. The molecule has 0 amide bonds. The average Bonchev–Trinajstić information content (AvgIpc) is 3.01. The van der Waals surface area contributed by atoms with E-state index in [1.807, 2.05) is 24.4 Å². The first-order valence-corrected chi connectivity index (χ1v) is 8.96. The zero-order valence-corrected chi connectivity index (χ0v) is 18.1. The molecule has 25 heavy (non-hydrogen) atoms. The second-order valence-corrected chi connectivity index (χ2v) is 7.10. The molecule has 2 N–H and O–H groups in total. The van der Waals surface area contributed by atoms with Crippen molar-refractivity contribution >= 4 is 41.3 Å². The van der Waals surface area contributed by atoms with Gasteiger partial charge < -0.3 is 15.4 Å². The maximum atomic E-state index is 5.77. The van der Waals surface area contributed by atoms with Crippen LogP contribution in [0.3, 0.4) is 0 Å². The molecule has 1 aromatic carbocycles. The average molecular weight is 474 g/mol. The lowest BCUT2D eigenvalue weighted by Crippen LogP contribution is -2.39. The predicted molar refractivity (Wildman–Crippen MR) is 116 cm³/mol. The highest BCUT2D eigenvalue weighted by Crippen LogP contribution is 2.10. The van der Waals surface area contributed by atoms with Gasteiger partial charge in [0.1, 0.15) is 5.01 Å². The number of aryl methyl sites for hydroxylation is 1. The monoisotopic (exact) mass is 474 g/mol. The van der Waals surface area contributed by atoms with E-state index in [-0.39, 0.29) is 24.0 Å². The van der Waals surface area contributed by atoms with Crippen LogP contribution in [0.25, 0.3) is 0 Å². The quantitative estimate of drug-likeness (QED) is 0.349. The van der Waals surface area contributed by atoms with Crippen molar-refractivity contribution in [2.24, 2.45) is 10.9 Å². The van der Waals surface area contributed by atoms with Crippen LogP contribution in [0.1, 0.15) is 22.4 Å². The minimum Gasteiger partial charge on any atom is -0.376 e. The van der Waals surface area contributed by atoms with Crippen molar-refractivity contribution in [2.75, 3.05) is 20.2 Å². The van der Waals surface area contributed by atoms with Crippen LogP contribution in [0.4, 0.5) is 0 Å². The van der Waals surface area contributed by atoms with Crippen molar-refractivity contribution in [1.29, 1.82) is 0 Å². The van der Waals surface area contributed by atoms with Crippen molar-refractivity contribution in [3.8, 4) is 0 Å². The predicted octanol–water partition coefficient (Wildman–Crippen LogP) is 3.59.